The molecule has 3 N–H and O–H groups in total. The molecule has 0 fully saturated rings. The number of hydrogen-bond acceptors (Lipinski definition) is 2. The summed E-state index contributed by atoms with van der Waals surface area (Å²) in [6.45, 7) is 2.91. The molecule has 0 aromatic rings. The topological polar surface area (TPSA) is 72.2 Å². The molecule has 16 heavy (non-hydrogen) atoms. The van der Waals surface area contributed by atoms with Gasteiger partial charge in [0.05, 0.1) is 0 Å². The summed E-state index contributed by atoms with van der Waals surface area (Å²) in [4.78, 5) is 21.6. The summed E-state index contributed by atoms with van der Waals surface area (Å²) in [5, 5.41) is 2.78. The van der Waals surface area contributed by atoms with Gasteiger partial charge >= 0.3 is 0 Å². The van der Waals surface area contributed by atoms with Gasteiger partial charge in [-0.15, -0.1) is 0 Å². The lowest BCUT2D eigenvalue weighted by Gasteiger charge is -2.04. The Morgan fingerprint density at radius 3 is 2.25 bits per heavy atom. The second-order valence-electron chi connectivity index (χ2n) is 4.08. The van der Waals surface area contributed by atoms with E-state index in [0.29, 0.717) is 6.54 Å². The zero-order valence-corrected chi connectivity index (χ0v) is 10.3. The highest BCUT2D eigenvalue weighted by molar-refractivity contribution is 5.82. The molecule has 0 saturated carbocycles. The van der Waals surface area contributed by atoms with E-state index < -0.39 is 5.91 Å². The van der Waals surface area contributed by atoms with Crippen LogP contribution in [0.3, 0.4) is 0 Å². The molecule has 4 nitrogen and oxygen atoms in total. The summed E-state index contributed by atoms with van der Waals surface area (Å²) >= 11 is 0. The van der Waals surface area contributed by atoms with E-state index in [-0.39, 0.29) is 18.7 Å². The standard InChI is InChI=1S/C12H24N2O2/c1-2-3-4-5-6-7-10-14-12(16)9-8-11(13)15/h2-10H2,1H3,(H2,13,15)(H,14,16). The Hall–Kier alpha value is -1.06. The van der Waals surface area contributed by atoms with Crippen LogP contribution < -0.4 is 11.1 Å². The first-order valence-corrected chi connectivity index (χ1v) is 6.21. The highest BCUT2D eigenvalue weighted by Crippen LogP contribution is 2.04. The van der Waals surface area contributed by atoms with Crippen LogP contribution in [0.25, 0.3) is 0 Å². The zero-order chi connectivity index (χ0) is 12.2. The molecule has 0 heterocycles. The van der Waals surface area contributed by atoms with Gasteiger partial charge in [0.15, 0.2) is 0 Å². The summed E-state index contributed by atoms with van der Waals surface area (Å²) in [6, 6.07) is 0. The normalized spacial score (nSPS) is 10.1. The third-order valence-electron chi connectivity index (χ3n) is 2.45. The smallest absolute Gasteiger partial charge is 0.220 e. The lowest BCUT2D eigenvalue weighted by atomic mass is 10.1. The molecule has 2 amide bonds. The predicted molar refractivity (Wildman–Crippen MR) is 64.8 cm³/mol. The van der Waals surface area contributed by atoms with E-state index in [4.69, 9.17) is 5.73 Å². The Bertz CT molecular complexity index is 205. The average molecular weight is 228 g/mol. The van der Waals surface area contributed by atoms with Gasteiger partial charge in [-0.3, -0.25) is 9.59 Å². The maximum absolute atomic E-state index is 11.2. The molecule has 0 atom stereocenters. The van der Waals surface area contributed by atoms with Crippen LogP contribution >= 0.6 is 0 Å². The van der Waals surface area contributed by atoms with Gasteiger partial charge in [-0.05, 0) is 6.42 Å². The maximum Gasteiger partial charge on any atom is 0.220 e. The molecule has 0 bridgehead atoms. The van der Waals surface area contributed by atoms with Crippen LogP contribution in [0.2, 0.25) is 0 Å². The van der Waals surface area contributed by atoms with Crippen molar-refractivity contribution >= 4 is 11.8 Å². The van der Waals surface area contributed by atoms with Gasteiger partial charge in [-0.2, -0.15) is 0 Å². The summed E-state index contributed by atoms with van der Waals surface area (Å²) in [7, 11) is 0. The Morgan fingerprint density at radius 1 is 1.00 bits per heavy atom. The Kier molecular flexibility index (Phi) is 9.76. The third-order valence-corrected chi connectivity index (χ3v) is 2.45. The summed E-state index contributed by atoms with van der Waals surface area (Å²) in [6.07, 6.45) is 7.61. The van der Waals surface area contributed by atoms with Gasteiger partial charge in [0, 0.05) is 19.4 Å². The molecular formula is C12H24N2O2. The molecule has 0 aliphatic carbocycles. The summed E-state index contributed by atoms with van der Waals surface area (Å²) < 4.78 is 0. The Morgan fingerprint density at radius 2 is 1.62 bits per heavy atom. The number of hydrogen-bond donors (Lipinski definition) is 2. The first kappa shape index (κ1) is 14.9. The van der Waals surface area contributed by atoms with Crippen molar-refractivity contribution in [1.82, 2.24) is 5.32 Å². The van der Waals surface area contributed by atoms with Gasteiger partial charge in [-0.25, -0.2) is 0 Å². The van der Waals surface area contributed by atoms with Gasteiger partial charge in [0.1, 0.15) is 0 Å². The number of amides is 2. The monoisotopic (exact) mass is 228 g/mol. The summed E-state index contributed by atoms with van der Waals surface area (Å²) in [5.74, 6) is -0.498. The number of unbranched alkanes of at least 4 members (excludes halogenated alkanes) is 5. The van der Waals surface area contributed by atoms with E-state index in [1.54, 1.807) is 0 Å². The molecular weight excluding hydrogens is 204 g/mol. The van der Waals surface area contributed by atoms with Crippen molar-refractivity contribution in [2.45, 2.75) is 58.3 Å². The number of nitrogens with two attached hydrogens (primary N) is 1. The van der Waals surface area contributed by atoms with Crippen molar-refractivity contribution in [1.29, 1.82) is 0 Å². The molecule has 0 rings (SSSR count). The molecule has 0 spiro atoms. The van der Waals surface area contributed by atoms with Crippen molar-refractivity contribution in [3.8, 4) is 0 Å². The second kappa shape index (κ2) is 10.5. The van der Waals surface area contributed by atoms with Crippen molar-refractivity contribution < 1.29 is 9.59 Å². The van der Waals surface area contributed by atoms with Crippen LogP contribution in [0.15, 0.2) is 0 Å². The lowest BCUT2D eigenvalue weighted by Crippen LogP contribution is -2.25. The minimum atomic E-state index is -0.422. The van der Waals surface area contributed by atoms with Crippen LogP contribution in [-0.2, 0) is 9.59 Å². The quantitative estimate of drug-likeness (QED) is 0.559. The van der Waals surface area contributed by atoms with Gasteiger partial charge < -0.3 is 11.1 Å². The fraction of sp³-hybridized carbons (Fsp3) is 0.833. The highest BCUT2D eigenvalue weighted by atomic mass is 16.2. The molecule has 94 valence electrons. The average Bonchev–Trinajstić information content (AvgIpc) is 2.25. The first-order valence-electron chi connectivity index (χ1n) is 6.21. The van der Waals surface area contributed by atoms with Gasteiger partial charge in [0.2, 0.25) is 11.8 Å². The van der Waals surface area contributed by atoms with E-state index in [1.807, 2.05) is 0 Å². The number of carbonyl (C=O) groups excluding carboxylic acids is 2. The van der Waals surface area contributed by atoms with Crippen LogP contribution in [0.1, 0.15) is 58.3 Å². The fourth-order valence-corrected chi connectivity index (χ4v) is 1.46. The number of rotatable bonds is 10. The van der Waals surface area contributed by atoms with E-state index in [1.165, 1.54) is 25.7 Å². The third kappa shape index (κ3) is 11.0. The predicted octanol–water partition coefficient (Wildman–Crippen LogP) is 1.73. The van der Waals surface area contributed by atoms with Crippen molar-refractivity contribution in [2.75, 3.05) is 6.54 Å². The van der Waals surface area contributed by atoms with E-state index in [0.717, 1.165) is 12.8 Å². The number of nitrogens with one attached hydrogen (secondary N) is 1. The van der Waals surface area contributed by atoms with Crippen LogP contribution in [-0.4, -0.2) is 18.4 Å². The summed E-state index contributed by atoms with van der Waals surface area (Å²) in [5.41, 5.74) is 4.94. The minimum absolute atomic E-state index is 0.0765. The fourth-order valence-electron chi connectivity index (χ4n) is 1.46. The zero-order valence-electron chi connectivity index (χ0n) is 10.3. The van der Waals surface area contributed by atoms with Crippen molar-refractivity contribution in [3.63, 3.8) is 0 Å². The Labute approximate surface area is 98.0 Å². The van der Waals surface area contributed by atoms with E-state index in [9.17, 15) is 9.59 Å². The Balaban J connectivity index is 3.18. The number of primary amides is 1. The van der Waals surface area contributed by atoms with Crippen LogP contribution in [0.5, 0.6) is 0 Å². The molecule has 0 aliphatic heterocycles. The maximum atomic E-state index is 11.2. The van der Waals surface area contributed by atoms with Crippen molar-refractivity contribution in [3.05, 3.63) is 0 Å². The lowest BCUT2D eigenvalue weighted by molar-refractivity contribution is -0.125. The van der Waals surface area contributed by atoms with E-state index >= 15 is 0 Å². The second-order valence-corrected chi connectivity index (χ2v) is 4.08. The first-order chi connectivity index (χ1) is 7.66. The van der Waals surface area contributed by atoms with E-state index in [2.05, 4.69) is 12.2 Å². The van der Waals surface area contributed by atoms with Gasteiger partial charge in [-0.1, -0.05) is 39.0 Å². The molecule has 0 radical (unpaired) electrons. The van der Waals surface area contributed by atoms with Crippen LogP contribution in [0.4, 0.5) is 0 Å². The van der Waals surface area contributed by atoms with Crippen molar-refractivity contribution in [2.24, 2.45) is 5.73 Å². The molecule has 0 unspecified atom stereocenters. The van der Waals surface area contributed by atoms with Gasteiger partial charge in [0.25, 0.3) is 0 Å². The SMILES string of the molecule is CCCCCCCCNC(=O)CCC(N)=O. The molecule has 0 aliphatic rings. The molecule has 0 aromatic heterocycles. The minimum Gasteiger partial charge on any atom is -0.370 e. The molecule has 4 heteroatoms. The largest absolute Gasteiger partial charge is 0.370 e. The molecule has 0 aromatic carbocycles. The highest BCUT2D eigenvalue weighted by Gasteiger charge is 2.02. The molecule has 0 saturated heterocycles. The number of carbonyl (C=O) groups is 2. The van der Waals surface area contributed by atoms with Crippen LogP contribution in [0, 0.1) is 0 Å².